The van der Waals surface area contributed by atoms with E-state index in [4.69, 9.17) is 0 Å². The van der Waals surface area contributed by atoms with Crippen LogP contribution >= 0.6 is 11.8 Å². The number of halogens is 1. The van der Waals surface area contributed by atoms with Crippen molar-refractivity contribution >= 4 is 17.7 Å². The summed E-state index contributed by atoms with van der Waals surface area (Å²) in [6.45, 7) is 2.80. The summed E-state index contributed by atoms with van der Waals surface area (Å²) in [6, 6.07) is 6.31. The lowest BCUT2D eigenvalue weighted by atomic mass is 10.1. The molecule has 1 aromatic rings. The van der Waals surface area contributed by atoms with Crippen LogP contribution in [0.2, 0.25) is 0 Å². The van der Waals surface area contributed by atoms with Crippen molar-refractivity contribution in [1.82, 2.24) is 4.90 Å². The Bertz CT molecular complexity index is 447. The second-order valence-electron chi connectivity index (χ2n) is 5.18. The maximum absolute atomic E-state index is 12.7. The number of hydrogen-bond acceptors (Lipinski definition) is 3. The molecule has 0 aromatic heterocycles. The van der Waals surface area contributed by atoms with Gasteiger partial charge in [0.25, 0.3) is 0 Å². The molecule has 104 valence electrons. The van der Waals surface area contributed by atoms with E-state index in [1.54, 1.807) is 24.0 Å². The topological polar surface area (TPSA) is 40.5 Å². The van der Waals surface area contributed by atoms with Crippen LogP contribution in [0.1, 0.15) is 18.9 Å². The first-order valence-corrected chi connectivity index (χ1v) is 7.44. The summed E-state index contributed by atoms with van der Waals surface area (Å²) in [7, 11) is 0. The first-order valence-electron chi connectivity index (χ1n) is 6.29. The van der Waals surface area contributed by atoms with Gasteiger partial charge in [-0.15, -0.1) is 11.8 Å². The SMILES string of the molecule is CC1(O)CCN(C(=O)CSCc2ccc(F)cc2)C1. The fraction of sp³-hybridized carbons (Fsp3) is 0.500. The highest BCUT2D eigenvalue weighted by Gasteiger charge is 2.33. The molecule has 5 heteroatoms. The number of aliphatic hydroxyl groups is 1. The van der Waals surface area contributed by atoms with Crippen LogP contribution in [0.5, 0.6) is 0 Å². The zero-order valence-electron chi connectivity index (χ0n) is 10.9. The molecule has 1 saturated heterocycles. The van der Waals surface area contributed by atoms with Gasteiger partial charge in [0, 0.05) is 18.8 Å². The quantitative estimate of drug-likeness (QED) is 0.919. The lowest BCUT2D eigenvalue weighted by Gasteiger charge is -2.18. The Morgan fingerprint density at radius 2 is 2.16 bits per heavy atom. The lowest BCUT2D eigenvalue weighted by Crippen LogP contribution is -2.34. The minimum Gasteiger partial charge on any atom is -0.388 e. The van der Waals surface area contributed by atoms with Crippen molar-refractivity contribution in [2.75, 3.05) is 18.8 Å². The van der Waals surface area contributed by atoms with E-state index < -0.39 is 5.60 Å². The van der Waals surface area contributed by atoms with Crippen LogP contribution in [-0.4, -0.2) is 40.4 Å². The lowest BCUT2D eigenvalue weighted by molar-refractivity contribution is -0.128. The van der Waals surface area contributed by atoms with Crippen molar-refractivity contribution in [2.45, 2.75) is 24.7 Å². The second-order valence-corrected chi connectivity index (χ2v) is 6.17. The fourth-order valence-electron chi connectivity index (χ4n) is 2.09. The van der Waals surface area contributed by atoms with E-state index in [0.29, 0.717) is 31.0 Å². The van der Waals surface area contributed by atoms with Gasteiger partial charge in [0.05, 0.1) is 11.4 Å². The second kappa shape index (κ2) is 5.92. The van der Waals surface area contributed by atoms with Crippen molar-refractivity contribution in [3.05, 3.63) is 35.6 Å². The normalized spacial score (nSPS) is 22.8. The van der Waals surface area contributed by atoms with Gasteiger partial charge in [0.2, 0.25) is 5.91 Å². The molecular weight excluding hydrogens is 265 g/mol. The predicted octanol–water partition coefficient (Wildman–Crippen LogP) is 2.04. The Balaban J connectivity index is 1.74. The number of likely N-dealkylation sites (tertiary alicyclic amines) is 1. The van der Waals surface area contributed by atoms with E-state index in [1.807, 2.05) is 0 Å². The Labute approximate surface area is 116 Å². The van der Waals surface area contributed by atoms with Gasteiger partial charge in [-0.25, -0.2) is 4.39 Å². The molecule has 0 bridgehead atoms. The van der Waals surface area contributed by atoms with E-state index in [-0.39, 0.29) is 11.7 Å². The molecule has 1 aliphatic rings. The van der Waals surface area contributed by atoms with Gasteiger partial charge in [-0.05, 0) is 31.0 Å². The van der Waals surface area contributed by atoms with Crippen molar-refractivity contribution in [3.8, 4) is 0 Å². The molecule has 1 heterocycles. The monoisotopic (exact) mass is 283 g/mol. The number of amides is 1. The molecule has 1 aliphatic heterocycles. The smallest absolute Gasteiger partial charge is 0.232 e. The molecule has 19 heavy (non-hydrogen) atoms. The molecule has 2 rings (SSSR count). The third kappa shape index (κ3) is 4.21. The molecule has 3 nitrogen and oxygen atoms in total. The third-order valence-corrected chi connectivity index (χ3v) is 4.20. The summed E-state index contributed by atoms with van der Waals surface area (Å²) in [5, 5.41) is 9.81. The van der Waals surface area contributed by atoms with E-state index in [9.17, 15) is 14.3 Å². The zero-order valence-corrected chi connectivity index (χ0v) is 11.8. The Kier molecular flexibility index (Phi) is 4.47. The highest BCUT2D eigenvalue weighted by molar-refractivity contribution is 7.99. The molecular formula is C14H18FNO2S. The predicted molar refractivity (Wildman–Crippen MR) is 74.4 cm³/mol. The van der Waals surface area contributed by atoms with Crippen molar-refractivity contribution in [1.29, 1.82) is 0 Å². The standard InChI is InChI=1S/C14H18FNO2S/c1-14(18)6-7-16(10-14)13(17)9-19-8-11-2-4-12(15)5-3-11/h2-5,18H,6-10H2,1H3. The molecule has 1 unspecified atom stereocenters. The van der Waals surface area contributed by atoms with Gasteiger partial charge in [-0.3, -0.25) is 4.79 Å². The van der Waals surface area contributed by atoms with Crippen molar-refractivity contribution < 1.29 is 14.3 Å². The molecule has 0 saturated carbocycles. The molecule has 1 aromatic carbocycles. The van der Waals surface area contributed by atoms with Gasteiger partial charge in [0.1, 0.15) is 5.82 Å². The summed E-state index contributed by atoms with van der Waals surface area (Å²) in [5.41, 5.74) is 0.268. The highest BCUT2D eigenvalue weighted by atomic mass is 32.2. The number of thioether (sulfide) groups is 1. The maximum atomic E-state index is 12.7. The first-order chi connectivity index (χ1) is 8.96. The summed E-state index contributed by atoms with van der Waals surface area (Å²) < 4.78 is 12.7. The highest BCUT2D eigenvalue weighted by Crippen LogP contribution is 2.21. The van der Waals surface area contributed by atoms with Crippen molar-refractivity contribution in [2.24, 2.45) is 0 Å². The summed E-state index contributed by atoms with van der Waals surface area (Å²) in [6.07, 6.45) is 0.640. The summed E-state index contributed by atoms with van der Waals surface area (Å²) in [5.74, 6) is 0.901. The molecule has 1 fully saturated rings. The number of β-amino-alcohol motifs (C(OH)–C–C–N with tert-alkyl or cyclic N) is 1. The average Bonchev–Trinajstić information content (AvgIpc) is 2.72. The van der Waals surface area contributed by atoms with E-state index >= 15 is 0 Å². The van der Waals surface area contributed by atoms with Gasteiger partial charge < -0.3 is 10.0 Å². The largest absolute Gasteiger partial charge is 0.388 e. The summed E-state index contributed by atoms with van der Waals surface area (Å²) in [4.78, 5) is 13.6. The van der Waals surface area contributed by atoms with E-state index in [0.717, 1.165) is 5.56 Å². The molecule has 1 atom stereocenters. The van der Waals surface area contributed by atoms with Crippen LogP contribution < -0.4 is 0 Å². The van der Waals surface area contributed by atoms with Crippen molar-refractivity contribution in [3.63, 3.8) is 0 Å². The van der Waals surface area contributed by atoms with Crippen LogP contribution in [0.15, 0.2) is 24.3 Å². The third-order valence-electron chi connectivity index (χ3n) is 3.21. The van der Waals surface area contributed by atoms with Crippen LogP contribution in [0.4, 0.5) is 4.39 Å². The number of carbonyl (C=O) groups excluding carboxylic acids is 1. The van der Waals surface area contributed by atoms with Crippen LogP contribution in [0, 0.1) is 5.82 Å². The molecule has 1 N–H and O–H groups in total. The molecule has 1 amide bonds. The zero-order chi connectivity index (χ0) is 13.9. The van der Waals surface area contributed by atoms with Crippen LogP contribution in [-0.2, 0) is 10.5 Å². The van der Waals surface area contributed by atoms with E-state index in [1.165, 1.54) is 23.9 Å². The Morgan fingerprint density at radius 1 is 1.47 bits per heavy atom. The number of benzene rings is 1. The van der Waals surface area contributed by atoms with Gasteiger partial charge in [-0.1, -0.05) is 12.1 Å². The molecule has 0 aliphatic carbocycles. The van der Waals surface area contributed by atoms with Crippen LogP contribution in [0.3, 0.4) is 0 Å². The number of rotatable bonds is 4. The maximum Gasteiger partial charge on any atom is 0.232 e. The Morgan fingerprint density at radius 3 is 2.74 bits per heavy atom. The number of hydrogen-bond donors (Lipinski definition) is 1. The first kappa shape index (κ1) is 14.3. The Hall–Kier alpha value is -1.07. The summed E-state index contributed by atoms with van der Waals surface area (Å²) >= 11 is 1.51. The minimum atomic E-state index is -0.739. The number of carbonyl (C=O) groups is 1. The molecule has 0 radical (unpaired) electrons. The average molecular weight is 283 g/mol. The number of nitrogens with zero attached hydrogens (tertiary/aromatic N) is 1. The van der Waals surface area contributed by atoms with Gasteiger partial charge >= 0.3 is 0 Å². The molecule has 0 spiro atoms. The van der Waals surface area contributed by atoms with Gasteiger partial charge in [0.15, 0.2) is 0 Å². The minimum absolute atomic E-state index is 0.0601. The fourth-order valence-corrected chi connectivity index (χ4v) is 2.97. The van der Waals surface area contributed by atoms with Crippen LogP contribution in [0.25, 0.3) is 0 Å². The van der Waals surface area contributed by atoms with E-state index in [2.05, 4.69) is 0 Å². The van der Waals surface area contributed by atoms with Gasteiger partial charge in [-0.2, -0.15) is 0 Å².